The van der Waals surface area contributed by atoms with Gasteiger partial charge in [0.1, 0.15) is 5.75 Å². The van der Waals surface area contributed by atoms with Crippen LogP contribution in [0.2, 0.25) is 0 Å². The molecule has 0 atom stereocenters. The molecule has 1 heterocycles. The Morgan fingerprint density at radius 2 is 2.04 bits per heavy atom. The molecule has 3 rings (SSSR count). The second-order valence-corrected chi connectivity index (χ2v) is 8.27. The summed E-state index contributed by atoms with van der Waals surface area (Å²) in [4.78, 5) is 26.8. The first-order chi connectivity index (χ1) is 12.1. The summed E-state index contributed by atoms with van der Waals surface area (Å²) in [6.07, 6.45) is 7.70. The minimum absolute atomic E-state index is 0.146. The van der Waals surface area contributed by atoms with Gasteiger partial charge in [-0.15, -0.1) is 0 Å². The second kappa shape index (κ2) is 8.41. The Balaban J connectivity index is 1.72. The highest BCUT2D eigenvalue weighted by molar-refractivity contribution is 9.10. The standard InChI is InChI=1S/C19H22BrNO3S/c1-2-24-16-9-8-14(10-15(16)20)11-17-18(22)21(19(23)25-17)12-13-6-4-3-5-7-13/h8-11,13H,2-7,12H2,1H3/b17-11+. The Morgan fingerprint density at radius 3 is 2.72 bits per heavy atom. The number of rotatable bonds is 5. The molecule has 1 aromatic carbocycles. The molecule has 134 valence electrons. The van der Waals surface area contributed by atoms with Crippen LogP contribution in [0.15, 0.2) is 27.6 Å². The third-order valence-corrected chi connectivity index (χ3v) is 6.12. The van der Waals surface area contributed by atoms with Crippen molar-refractivity contribution in [3.63, 3.8) is 0 Å². The Hall–Kier alpha value is -1.27. The predicted octanol–water partition coefficient (Wildman–Crippen LogP) is 5.46. The van der Waals surface area contributed by atoms with Crippen LogP contribution in [0.5, 0.6) is 5.75 Å². The van der Waals surface area contributed by atoms with E-state index in [2.05, 4.69) is 15.9 Å². The van der Waals surface area contributed by atoms with Crippen LogP contribution in [0.3, 0.4) is 0 Å². The number of hydrogen-bond acceptors (Lipinski definition) is 4. The molecule has 6 heteroatoms. The number of hydrogen-bond donors (Lipinski definition) is 0. The quantitative estimate of drug-likeness (QED) is 0.589. The zero-order valence-electron chi connectivity index (χ0n) is 14.3. The molecular formula is C19H22BrNO3S. The molecule has 25 heavy (non-hydrogen) atoms. The predicted molar refractivity (Wildman–Crippen MR) is 105 cm³/mol. The van der Waals surface area contributed by atoms with Gasteiger partial charge < -0.3 is 4.74 Å². The lowest BCUT2D eigenvalue weighted by Crippen LogP contribution is -2.34. The van der Waals surface area contributed by atoms with Gasteiger partial charge in [0.05, 0.1) is 16.0 Å². The lowest BCUT2D eigenvalue weighted by atomic mass is 9.89. The van der Waals surface area contributed by atoms with Gasteiger partial charge in [-0.05, 0) is 77.1 Å². The molecule has 0 N–H and O–H groups in total. The third-order valence-electron chi connectivity index (χ3n) is 4.59. The zero-order valence-corrected chi connectivity index (χ0v) is 16.7. The molecule has 2 fully saturated rings. The summed E-state index contributed by atoms with van der Waals surface area (Å²) in [5, 5.41) is -0.146. The first-order valence-corrected chi connectivity index (χ1v) is 10.4. The third kappa shape index (κ3) is 4.47. The number of halogens is 1. The van der Waals surface area contributed by atoms with Gasteiger partial charge in [0, 0.05) is 6.54 Å². The van der Waals surface area contributed by atoms with E-state index in [-0.39, 0.29) is 11.1 Å². The van der Waals surface area contributed by atoms with Gasteiger partial charge in [0.25, 0.3) is 11.1 Å². The van der Waals surface area contributed by atoms with E-state index in [4.69, 9.17) is 4.74 Å². The number of benzene rings is 1. The van der Waals surface area contributed by atoms with Gasteiger partial charge in [-0.3, -0.25) is 14.5 Å². The number of ether oxygens (including phenoxy) is 1. The van der Waals surface area contributed by atoms with Gasteiger partial charge >= 0.3 is 0 Å². The van der Waals surface area contributed by atoms with Gasteiger partial charge in [-0.1, -0.05) is 25.3 Å². The highest BCUT2D eigenvalue weighted by Crippen LogP contribution is 2.35. The first-order valence-electron chi connectivity index (χ1n) is 8.76. The van der Waals surface area contributed by atoms with Crippen molar-refractivity contribution in [2.75, 3.05) is 13.2 Å². The van der Waals surface area contributed by atoms with Crippen LogP contribution in [0, 0.1) is 5.92 Å². The van der Waals surface area contributed by atoms with Crippen LogP contribution < -0.4 is 4.74 Å². The normalized spacial score (nSPS) is 20.6. The molecule has 0 bridgehead atoms. The van der Waals surface area contributed by atoms with Crippen LogP contribution in [-0.4, -0.2) is 29.2 Å². The fourth-order valence-electron chi connectivity index (χ4n) is 3.32. The number of amides is 2. The van der Waals surface area contributed by atoms with Crippen molar-refractivity contribution in [1.82, 2.24) is 4.90 Å². The Kier molecular flexibility index (Phi) is 6.23. The van der Waals surface area contributed by atoms with E-state index < -0.39 is 0 Å². The Bertz CT molecular complexity index is 698. The van der Waals surface area contributed by atoms with Crippen molar-refractivity contribution in [3.8, 4) is 5.75 Å². The lowest BCUT2D eigenvalue weighted by Gasteiger charge is -2.25. The van der Waals surface area contributed by atoms with Gasteiger partial charge in [-0.25, -0.2) is 0 Å². The van der Waals surface area contributed by atoms with E-state index in [0.717, 1.165) is 40.4 Å². The molecule has 1 saturated heterocycles. The number of nitrogens with zero attached hydrogens (tertiary/aromatic N) is 1. The Labute approximate surface area is 161 Å². The molecule has 0 unspecified atom stereocenters. The Morgan fingerprint density at radius 1 is 1.28 bits per heavy atom. The molecule has 1 aliphatic carbocycles. The smallest absolute Gasteiger partial charge is 0.293 e. The fourth-order valence-corrected chi connectivity index (χ4v) is 4.68. The summed E-state index contributed by atoms with van der Waals surface area (Å²) in [7, 11) is 0. The van der Waals surface area contributed by atoms with E-state index >= 15 is 0 Å². The number of carbonyl (C=O) groups is 2. The topological polar surface area (TPSA) is 46.6 Å². The van der Waals surface area contributed by atoms with Crippen molar-refractivity contribution in [2.24, 2.45) is 5.92 Å². The van der Waals surface area contributed by atoms with E-state index in [1.54, 1.807) is 6.08 Å². The van der Waals surface area contributed by atoms with Crippen molar-refractivity contribution in [1.29, 1.82) is 0 Å². The second-order valence-electron chi connectivity index (χ2n) is 6.42. The molecule has 0 aromatic heterocycles. The maximum absolute atomic E-state index is 12.6. The molecule has 1 saturated carbocycles. The average molecular weight is 424 g/mol. The van der Waals surface area contributed by atoms with Crippen LogP contribution >= 0.6 is 27.7 Å². The average Bonchev–Trinajstić information content (AvgIpc) is 2.86. The summed E-state index contributed by atoms with van der Waals surface area (Å²) in [6, 6.07) is 5.66. The van der Waals surface area contributed by atoms with Crippen LogP contribution in [0.1, 0.15) is 44.6 Å². The zero-order chi connectivity index (χ0) is 17.8. The van der Waals surface area contributed by atoms with Crippen LogP contribution in [-0.2, 0) is 4.79 Å². The molecule has 4 nitrogen and oxygen atoms in total. The van der Waals surface area contributed by atoms with Crippen molar-refractivity contribution >= 4 is 44.9 Å². The summed E-state index contributed by atoms with van der Waals surface area (Å²) < 4.78 is 6.34. The maximum Gasteiger partial charge on any atom is 0.293 e. The number of thioether (sulfide) groups is 1. The fraction of sp³-hybridized carbons (Fsp3) is 0.474. The number of imide groups is 1. The molecule has 0 spiro atoms. The van der Waals surface area contributed by atoms with E-state index in [1.165, 1.54) is 24.2 Å². The van der Waals surface area contributed by atoms with Crippen molar-refractivity contribution in [2.45, 2.75) is 39.0 Å². The number of carbonyl (C=O) groups excluding carboxylic acids is 2. The lowest BCUT2D eigenvalue weighted by molar-refractivity contribution is -0.123. The summed E-state index contributed by atoms with van der Waals surface area (Å²) >= 11 is 4.52. The molecule has 1 aliphatic heterocycles. The van der Waals surface area contributed by atoms with E-state index in [9.17, 15) is 9.59 Å². The highest BCUT2D eigenvalue weighted by atomic mass is 79.9. The van der Waals surface area contributed by atoms with Gasteiger partial charge in [-0.2, -0.15) is 0 Å². The first kappa shape index (κ1) is 18.5. The van der Waals surface area contributed by atoms with Gasteiger partial charge in [0.2, 0.25) is 0 Å². The SMILES string of the molecule is CCOc1ccc(/C=C2/SC(=O)N(CC3CCCCC3)C2=O)cc1Br. The summed E-state index contributed by atoms with van der Waals surface area (Å²) in [5.41, 5.74) is 0.874. The molecule has 2 amide bonds. The summed E-state index contributed by atoms with van der Waals surface area (Å²) in [5.74, 6) is 1.07. The molecule has 1 aromatic rings. The van der Waals surface area contributed by atoms with Crippen LogP contribution in [0.25, 0.3) is 6.08 Å². The minimum atomic E-state index is -0.161. The largest absolute Gasteiger partial charge is 0.493 e. The van der Waals surface area contributed by atoms with Crippen molar-refractivity contribution in [3.05, 3.63) is 33.1 Å². The monoisotopic (exact) mass is 423 g/mol. The summed E-state index contributed by atoms with van der Waals surface area (Å²) in [6.45, 7) is 3.09. The molecule has 2 aliphatic rings. The van der Waals surface area contributed by atoms with Crippen molar-refractivity contribution < 1.29 is 14.3 Å². The molecular weight excluding hydrogens is 402 g/mol. The van der Waals surface area contributed by atoms with E-state index in [0.29, 0.717) is 24.0 Å². The maximum atomic E-state index is 12.6. The van der Waals surface area contributed by atoms with Crippen LogP contribution in [0.4, 0.5) is 4.79 Å². The molecule has 0 radical (unpaired) electrons. The minimum Gasteiger partial charge on any atom is -0.493 e. The van der Waals surface area contributed by atoms with E-state index in [1.807, 2.05) is 25.1 Å². The highest BCUT2D eigenvalue weighted by Gasteiger charge is 2.36. The van der Waals surface area contributed by atoms with Gasteiger partial charge in [0.15, 0.2) is 0 Å².